The van der Waals surface area contributed by atoms with Gasteiger partial charge in [-0.2, -0.15) is 13.5 Å². The number of hydrogen-bond acceptors (Lipinski definition) is 7. The van der Waals surface area contributed by atoms with Gasteiger partial charge in [0.15, 0.2) is 5.75 Å². The molecule has 0 unspecified atom stereocenters. The van der Waals surface area contributed by atoms with Gasteiger partial charge in [-0.3, -0.25) is 9.35 Å². The average Bonchev–Trinajstić information content (AvgIpc) is 2.85. The first-order valence-electron chi connectivity index (χ1n) is 11.2. The topological polar surface area (TPSA) is 138 Å². The summed E-state index contributed by atoms with van der Waals surface area (Å²) >= 11 is 12.1. The van der Waals surface area contributed by atoms with Gasteiger partial charge in [0.25, 0.3) is 16.0 Å². The maximum atomic E-state index is 13.2. The third kappa shape index (κ3) is 5.58. The number of nitrogens with zero attached hydrogens (tertiary/aromatic N) is 2. The number of carbonyl (C=O) groups is 1. The van der Waals surface area contributed by atoms with Crippen LogP contribution in [-0.4, -0.2) is 30.6 Å². The van der Waals surface area contributed by atoms with Crippen molar-refractivity contribution in [2.45, 2.75) is 18.7 Å². The molecule has 0 spiro atoms. The van der Waals surface area contributed by atoms with Gasteiger partial charge < -0.3 is 15.2 Å². The molecule has 0 bridgehead atoms. The van der Waals surface area contributed by atoms with Crippen LogP contribution in [0.3, 0.4) is 0 Å². The van der Waals surface area contributed by atoms with E-state index in [4.69, 9.17) is 27.9 Å². The largest absolute Gasteiger partial charge is 0.505 e. The van der Waals surface area contributed by atoms with Crippen LogP contribution in [0.4, 0.5) is 17.1 Å². The maximum Gasteiger partial charge on any atom is 0.296 e. The summed E-state index contributed by atoms with van der Waals surface area (Å²) in [7, 11) is -4.62. The number of hydrogen-bond donors (Lipinski definition) is 3. The summed E-state index contributed by atoms with van der Waals surface area (Å²) in [4.78, 5) is 12.7. The number of anilines is 1. The zero-order chi connectivity index (χ0) is 27.6. The molecule has 38 heavy (non-hydrogen) atoms. The van der Waals surface area contributed by atoms with Gasteiger partial charge in [0, 0.05) is 17.1 Å². The van der Waals surface area contributed by atoms with Gasteiger partial charge in [-0.25, -0.2) is 0 Å². The molecule has 4 aromatic carbocycles. The molecule has 0 radical (unpaired) electrons. The highest BCUT2D eigenvalue weighted by atomic mass is 35.5. The Hall–Kier alpha value is -3.70. The Balaban J connectivity index is 1.78. The maximum absolute atomic E-state index is 13.2. The van der Waals surface area contributed by atoms with Crippen LogP contribution in [-0.2, 0) is 10.1 Å². The van der Waals surface area contributed by atoms with Crippen molar-refractivity contribution >= 4 is 67.1 Å². The zero-order valence-electron chi connectivity index (χ0n) is 20.1. The SMILES string of the molecule is CCOc1cc(NC(=O)c2cc3ccccc3c(N=Nc3ccc(Cl)c(S(=O)(=O)O)c3C)c2O)ccc1Cl. The van der Waals surface area contributed by atoms with E-state index in [1.165, 1.54) is 25.1 Å². The van der Waals surface area contributed by atoms with Crippen molar-refractivity contribution in [3.05, 3.63) is 81.8 Å². The van der Waals surface area contributed by atoms with Crippen molar-refractivity contribution in [3.8, 4) is 11.5 Å². The molecule has 196 valence electrons. The van der Waals surface area contributed by atoms with Gasteiger partial charge >= 0.3 is 0 Å². The van der Waals surface area contributed by atoms with E-state index in [9.17, 15) is 22.9 Å². The summed E-state index contributed by atoms with van der Waals surface area (Å²) in [5, 5.41) is 23.3. The first-order valence-corrected chi connectivity index (χ1v) is 13.4. The molecule has 4 rings (SSSR count). The Morgan fingerprint density at radius 1 is 1.03 bits per heavy atom. The average molecular weight is 574 g/mol. The van der Waals surface area contributed by atoms with Crippen LogP contribution < -0.4 is 10.1 Å². The van der Waals surface area contributed by atoms with Crippen LogP contribution >= 0.6 is 23.2 Å². The lowest BCUT2D eigenvalue weighted by Gasteiger charge is -2.13. The number of amides is 1. The fraction of sp³-hybridized carbons (Fsp3) is 0.115. The number of phenolic OH excluding ortho intramolecular Hbond substituents is 1. The van der Waals surface area contributed by atoms with Crippen molar-refractivity contribution in [3.63, 3.8) is 0 Å². The minimum atomic E-state index is -4.62. The van der Waals surface area contributed by atoms with E-state index >= 15 is 0 Å². The predicted molar refractivity (Wildman–Crippen MR) is 146 cm³/mol. The van der Waals surface area contributed by atoms with Crippen molar-refractivity contribution in [2.24, 2.45) is 10.2 Å². The molecule has 0 atom stereocenters. The number of carbonyl (C=O) groups excluding carboxylic acids is 1. The van der Waals surface area contributed by atoms with Gasteiger partial charge in [0.1, 0.15) is 16.3 Å². The monoisotopic (exact) mass is 573 g/mol. The number of aromatic hydroxyl groups is 1. The quantitative estimate of drug-likeness (QED) is 0.155. The highest BCUT2D eigenvalue weighted by Gasteiger charge is 2.22. The molecule has 1 amide bonds. The first-order chi connectivity index (χ1) is 18.0. The third-order valence-corrected chi connectivity index (χ3v) is 7.35. The number of fused-ring (bicyclic) bond motifs is 1. The van der Waals surface area contributed by atoms with Gasteiger partial charge in [-0.15, -0.1) is 5.11 Å². The fourth-order valence-corrected chi connectivity index (χ4v) is 5.29. The summed E-state index contributed by atoms with van der Waals surface area (Å²) in [6, 6.07) is 15.9. The van der Waals surface area contributed by atoms with E-state index in [0.717, 1.165) is 0 Å². The predicted octanol–water partition coefficient (Wildman–Crippen LogP) is 7.47. The Morgan fingerprint density at radius 3 is 2.45 bits per heavy atom. The molecule has 0 saturated heterocycles. The van der Waals surface area contributed by atoms with E-state index in [0.29, 0.717) is 33.8 Å². The van der Waals surface area contributed by atoms with Crippen molar-refractivity contribution in [2.75, 3.05) is 11.9 Å². The van der Waals surface area contributed by atoms with Crippen LogP contribution in [0.2, 0.25) is 10.0 Å². The number of azo groups is 1. The number of benzene rings is 4. The molecule has 0 fully saturated rings. The van der Waals surface area contributed by atoms with Crippen LogP contribution in [0.1, 0.15) is 22.8 Å². The number of phenols is 1. The molecule has 9 nitrogen and oxygen atoms in total. The van der Waals surface area contributed by atoms with E-state index in [-0.39, 0.29) is 27.5 Å². The van der Waals surface area contributed by atoms with E-state index in [1.54, 1.807) is 49.4 Å². The Labute approximate surface area is 228 Å². The van der Waals surface area contributed by atoms with Crippen LogP contribution in [0.25, 0.3) is 10.8 Å². The molecule has 0 aliphatic heterocycles. The molecule has 0 aliphatic rings. The minimum absolute atomic E-state index is 0.0119. The lowest BCUT2D eigenvalue weighted by Crippen LogP contribution is -2.12. The number of halogens is 2. The second-order valence-corrected chi connectivity index (χ2v) is 10.2. The van der Waals surface area contributed by atoms with Gasteiger partial charge in [-0.05, 0) is 55.1 Å². The molecule has 0 heterocycles. The van der Waals surface area contributed by atoms with E-state index in [1.807, 2.05) is 0 Å². The summed E-state index contributed by atoms with van der Waals surface area (Å²) in [5.74, 6) is -0.664. The highest BCUT2D eigenvalue weighted by Crippen LogP contribution is 2.41. The molecule has 0 aliphatic carbocycles. The van der Waals surface area contributed by atoms with Gasteiger partial charge in [0.05, 0.1) is 27.9 Å². The smallest absolute Gasteiger partial charge is 0.296 e. The minimum Gasteiger partial charge on any atom is -0.505 e. The van der Waals surface area contributed by atoms with Crippen LogP contribution in [0, 0.1) is 6.92 Å². The molecule has 12 heteroatoms. The number of ether oxygens (including phenoxy) is 1. The van der Waals surface area contributed by atoms with Crippen molar-refractivity contribution in [1.82, 2.24) is 0 Å². The highest BCUT2D eigenvalue weighted by molar-refractivity contribution is 7.86. The molecule has 4 aromatic rings. The number of rotatable bonds is 7. The zero-order valence-corrected chi connectivity index (χ0v) is 22.4. The molecule has 0 aromatic heterocycles. The molecule has 3 N–H and O–H groups in total. The molecular formula is C26H21Cl2N3O6S. The van der Waals surface area contributed by atoms with E-state index in [2.05, 4.69) is 15.5 Å². The van der Waals surface area contributed by atoms with E-state index < -0.39 is 26.7 Å². The summed E-state index contributed by atoms with van der Waals surface area (Å²) in [6.07, 6.45) is 0. The van der Waals surface area contributed by atoms with Crippen molar-refractivity contribution in [1.29, 1.82) is 0 Å². The van der Waals surface area contributed by atoms with Gasteiger partial charge in [-0.1, -0.05) is 47.5 Å². The first kappa shape index (κ1) is 27.3. The fourth-order valence-electron chi connectivity index (χ4n) is 3.81. The summed E-state index contributed by atoms with van der Waals surface area (Å²) in [5.41, 5.74) is 0.464. The third-order valence-electron chi connectivity index (χ3n) is 5.57. The Kier molecular flexibility index (Phi) is 7.89. The van der Waals surface area contributed by atoms with Gasteiger partial charge in [0.2, 0.25) is 0 Å². The molecule has 0 saturated carbocycles. The number of nitrogens with one attached hydrogen (secondary N) is 1. The summed E-state index contributed by atoms with van der Waals surface area (Å²) in [6.45, 7) is 3.60. The summed E-state index contributed by atoms with van der Waals surface area (Å²) < 4.78 is 38.6. The Bertz CT molecular complexity index is 1710. The normalized spacial score (nSPS) is 11.7. The lowest BCUT2D eigenvalue weighted by molar-refractivity contribution is 0.102. The second-order valence-electron chi connectivity index (χ2n) is 8.07. The van der Waals surface area contributed by atoms with Crippen molar-refractivity contribution < 1.29 is 27.6 Å². The Morgan fingerprint density at radius 2 is 1.74 bits per heavy atom. The standard InChI is InChI=1S/C26H21Cl2N3O6S/c1-3-37-22-13-16(8-9-19(22)27)29-26(33)18-12-15-6-4-5-7-17(15)23(24(18)32)31-30-21-11-10-20(28)25(14(21)2)38(34,35)36/h4-13,32H,3H2,1-2H3,(H,29,33)(H,34,35,36). The molecular weight excluding hydrogens is 553 g/mol. The van der Waals surface area contributed by atoms with Crippen LogP contribution in [0.5, 0.6) is 11.5 Å². The lowest BCUT2D eigenvalue weighted by atomic mass is 10.0. The second kappa shape index (κ2) is 11.0. The van der Waals surface area contributed by atoms with Crippen LogP contribution in [0.15, 0.2) is 75.8 Å².